The van der Waals surface area contributed by atoms with E-state index in [0.717, 1.165) is 29.6 Å². The van der Waals surface area contributed by atoms with Crippen molar-refractivity contribution in [2.75, 3.05) is 36.9 Å². The fourth-order valence-electron chi connectivity index (χ4n) is 2.29. The number of hydrogen-bond acceptors (Lipinski definition) is 6. The quantitative estimate of drug-likeness (QED) is 0.744. The van der Waals surface area contributed by atoms with Crippen molar-refractivity contribution in [2.45, 2.75) is 45.6 Å². The third-order valence-electron chi connectivity index (χ3n) is 3.69. The molecule has 1 aliphatic heterocycles. The van der Waals surface area contributed by atoms with E-state index in [1.54, 1.807) is 0 Å². The summed E-state index contributed by atoms with van der Waals surface area (Å²) in [6.45, 7) is 10.4. The second-order valence-electron chi connectivity index (χ2n) is 5.97. The standard InChI is InChI=1S/C15H26N4O2/c1-5-16-13-11(4)14(19-12(18-13)10(2)3)17-8-15(20)6-7-21-9-15/h10,20H,5-9H2,1-4H3,(H2,16,17,18,19). The van der Waals surface area contributed by atoms with Crippen molar-refractivity contribution in [3.05, 3.63) is 11.4 Å². The smallest absolute Gasteiger partial charge is 0.135 e. The SMILES string of the molecule is CCNc1nc(C(C)C)nc(NCC2(O)CCOC2)c1C. The molecule has 0 aromatic carbocycles. The third kappa shape index (κ3) is 3.83. The first-order chi connectivity index (χ1) is 9.95. The van der Waals surface area contributed by atoms with E-state index < -0.39 is 5.60 Å². The van der Waals surface area contributed by atoms with Gasteiger partial charge in [-0.15, -0.1) is 0 Å². The van der Waals surface area contributed by atoms with Gasteiger partial charge >= 0.3 is 0 Å². The molecule has 1 unspecified atom stereocenters. The highest BCUT2D eigenvalue weighted by molar-refractivity contribution is 5.57. The van der Waals surface area contributed by atoms with Crippen LogP contribution in [0, 0.1) is 6.92 Å². The number of rotatable bonds is 6. The van der Waals surface area contributed by atoms with E-state index in [1.807, 2.05) is 13.8 Å². The van der Waals surface area contributed by atoms with Crippen molar-refractivity contribution < 1.29 is 9.84 Å². The summed E-state index contributed by atoms with van der Waals surface area (Å²) in [5.74, 6) is 2.69. The van der Waals surface area contributed by atoms with Crippen LogP contribution in [0.4, 0.5) is 11.6 Å². The van der Waals surface area contributed by atoms with Crippen LogP contribution in [0.1, 0.15) is 44.5 Å². The van der Waals surface area contributed by atoms with Crippen LogP contribution in [0.2, 0.25) is 0 Å². The number of anilines is 2. The van der Waals surface area contributed by atoms with Crippen molar-refractivity contribution in [3.63, 3.8) is 0 Å². The van der Waals surface area contributed by atoms with Crippen LogP contribution in [0.3, 0.4) is 0 Å². The molecule has 1 aliphatic rings. The summed E-state index contributed by atoms with van der Waals surface area (Å²) in [5, 5.41) is 16.9. The molecule has 6 nitrogen and oxygen atoms in total. The summed E-state index contributed by atoms with van der Waals surface area (Å²) in [5.41, 5.74) is 0.178. The van der Waals surface area contributed by atoms with E-state index in [9.17, 15) is 5.11 Å². The molecular formula is C15H26N4O2. The highest BCUT2D eigenvalue weighted by Crippen LogP contribution is 2.25. The molecule has 21 heavy (non-hydrogen) atoms. The number of ether oxygens (including phenoxy) is 1. The molecule has 118 valence electrons. The minimum absolute atomic E-state index is 0.251. The number of aromatic nitrogens is 2. The van der Waals surface area contributed by atoms with Gasteiger partial charge in [-0.3, -0.25) is 0 Å². The molecule has 0 aliphatic carbocycles. The van der Waals surface area contributed by atoms with Gasteiger partial charge in [0.05, 0.1) is 6.61 Å². The predicted octanol–water partition coefficient (Wildman–Crippen LogP) is 1.90. The maximum absolute atomic E-state index is 10.3. The van der Waals surface area contributed by atoms with Gasteiger partial charge in [-0.25, -0.2) is 9.97 Å². The zero-order valence-corrected chi connectivity index (χ0v) is 13.4. The Morgan fingerprint density at radius 3 is 2.48 bits per heavy atom. The van der Waals surface area contributed by atoms with Gasteiger partial charge in [0, 0.05) is 37.6 Å². The first-order valence-electron chi connectivity index (χ1n) is 7.61. The van der Waals surface area contributed by atoms with Gasteiger partial charge in [0.25, 0.3) is 0 Å². The van der Waals surface area contributed by atoms with E-state index in [0.29, 0.717) is 26.2 Å². The normalized spacial score (nSPS) is 21.8. The molecule has 3 N–H and O–H groups in total. The van der Waals surface area contributed by atoms with Crippen molar-refractivity contribution in [1.29, 1.82) is 0 Å². The van der Waals surface area contributed by atoms with E-state index >= 15 is 0 Å². The lowest BCUT2D eigenvalue weighted by atomic mass is 10.0. The Labute approximate surface area is 126 Å². The zero-order valence-electron chi connectivity index (χ0n) is 13.4. The molecule has 0 bridgehead atoms. The van der Waals surface area contributed by atoms with Crippen LogP contribution in [0.15, 0.2) is 0 Å². The number of nitrogens with one attached hydrogen (secondary N) is 2. The summed E-state index contributed by atoms with van der Waals surface area (Å²) in [6, 6.07) is 0. The van der Waals surface area contributed by atoms with Crippen molar-refractivity contribution in [3.8, 4) is 0 Å². The fraction of sp³-hybridized carbons (Fsp3) is 0.733. The van der Waals surface area contributed by atoms with Gasteiger partial charge in [0.2, 0.25) is 0 Å². The Morgan fingerprint density at radius 2 is 1.95 bits per heavy atom. The van der Waals surface area contributed by atoms with E-state index in [-0.39, 0.29) is 5.92 Å². The lowest BCUT2D eigenvalue weighted by Gasteiger charge is -2.23. The van der Waals surface area contributed by atoms with Gasteiger partial charge in [0.15, 0.2) is 0 Å². The molecule has 0 radical (unpaired) electrons. The number of hydrogen-bond donors (Lipinski definition) is 3. The van der Waals surface area contributed by atoms with Crippen LogP contribution < -0.4 is 10.6 Å². The molecule has 1 aromatic heterocycles. The summed E-state index contributed by atoms with van der Waals surface area (Å²) >= 11 is 0. The van der Waals surface area contributed by atoms with E-state index in [1.165, 1.54) is 0 Å². The second kappa shape index (κ2) is 6.58. The van der Waals surface area contributed by atoms with Crippen molar-refractivity contribution in [1.82, 2.24) is 9.97 Å². The topological polar surface area (TPSA) is 79.3 Å². The number of aliphatic hydroxyl groups is 1. The van der Waals surface area contributed by atoms with Gasteiger partial charge in [0.1, 0.15) is 23.1 Å². The lowest BCUT2D eigenvalue weighted by Crippen LogP contribution is -2.37. The van der Waals surface area contributed by atoms with Crippen LogP contribution in [0.5, 0.6) is 0 Å². The van der Waals surface area contributed by atoms with Gasteiger partial charge < -0.3 is 20.5 Å². The van der Waals surface area contributed by atoms with Crippen LogP contribution in [0.25, 0.3) is 0 Å². The Bertz CT molecular complexity index is 485. The van der Waals surface area contributed by atoms with E-state index in [4.69, 9.17) is 4.74 Å². The second-order valence-corrected chi connectivity index (χ2v) is 5.97. The van der Waals surface area contributed by atoms with Crippen LogP contribution in [-0.4, -0.2) is 47.0 Å². The van der Waals surface area contributed by atoms with Gasteiger partial charge in [-0.1, -0.05) is 13.8 Å². The molecule has 2 rings (SSSR count). The van der Waals surface area contributed by atoms with E-state index in [2.05, 4.69) is 34.4 Å². The number of nitrogens with zero attached hydrogens (tertiary/aromatic N) is 2. The Balaban J connectivity index is 2.20. The largest absolute Gasteiger partial charge is 0.386 e. The lowest BCUT2D eigenvalue weighted by molar-refractivity contribution is 0.0381. The van der Waals surface area contributed by atoms with Gasteiger partial charge in [-0.05, 0) is 13.8 Å². The zero-order chi connectivity index (χ0) is 15.5. The molecule has 2 heterocycles. The molecular weight excluding hydrogens is 268 g/mol. The molecule has 0 spiro atoms. The van der Waals surface area contributed by atoms with Crippen molar-refractivity contribution >= 4 is 11.6 Å². The van der Waals surface area contributed by atoms with Gasteiger partial charge in [-0.2, -0.15) is 0 Å². The molecule has 0 saturated carbocycles. The first-order valence-corrected chi connectivity index (χ1v) is 7.61. The van der Waals surface area contributed by atoms with Crippen LogP contribution >= 0.6 is 0 Å². The highest BCUT2D eigenvalue weighted by Gasteiger charge is 2.32. The molecule has 1 atom stereocenters. The Hall–Kier alpha value is -1.40. The average Bonchev–Trinajstić information content (AvgIpc) is 2.87. The molecule has 1 aromatic rings. The molecule has 1 saturated heterocycles. The molecule has 6 heteroatoms. The minimum atomic E-state index is -0.798. The third-order valence-corrected chi connectivity index (χ3v) is 3.69. The summed E-state index contributed by atoms with van der Waals surface area (Å²) in [7, 11) is 0. The summed E-state index contributed by atoms with van der Waals surface area (Å²) < 4.78 is 5.27. The molecule has 1 fully saturated rings. The minimum Gasteiger partial charge on any atom is -0.386 e. The highest BCUT2D eigenvalue weighted by atomic mass is 16.5. The fourth-order valence-corrected chi connectivity index (χ4v) is 2.29. The maximum Gasteiger partial charge on any atom is 0.135 e. The molecule has 0 amide bonds. The van der Waals surface area contributed by atoms with Crippen molar-refractivity contribution in [2.24, 2.45) is 0 Å². The summed E-state index contributed by atoms with van der Waals surface area (Å²) in [6.07, 6.45) is 0.654. The average molecular weight is 294 g/mol. The first kappa shape index (κ1) is 16.0. The van der Waals surface area contributed by atoms with Crippen LogP contribution in [-0.2, 0) is 4.74 Å². The predicted molar refractivity (Wildman–Crippen MR) is 83.9 cm³/mol. The Morgan fingerprint density at radius 1 is 1.29 bits per heavy atom. The monoisotopic (exact) mass is 294 g/mol. The maximum atomic E-state index is 10.3. The summed E-state index contributed by atoms with van der Waals surface area (Å²) in [4.78, 5) is 9.16. The Kier molecular flexibility index (Phi) is 5.00.